The average Bonchev–Trinajstić information content (AvgIpc) is 2.49. The predicted molar refractivity (Wildman–Crippen MR) is 77.4 cm³/mol. The van der Waals surface area contributed by atoms with Gasteiger partial charge < -0.3 is 4.74 Å². The molecule has 0 heterocycles. The lowest BCUT2D eigenvalue weighted by Gasteiger charge is -2.08. The molecule has 0 N–H and O–H groups in total. The van der Waals surface area contributed by atoms with Crippen LogP contribution < -0.4 is 4.74 Å². The van der Waals surface area contributed by atoms with Crippen LogP contribution in [0.3, 0.4) is 0 Å². The number of ether oxygens (including phenoxy) is 1. The van der Waals surface area contributed by atoms with Gasteiger partial charge in [-0.15, -0.1) is 0 Å². The lowest BCUT2D eigenvalue weighted by molar-refractivity contribution is -0.385. The Labute approximate surface area is 127 Å². The van der Waals surface area contributed by atoms with E-state index in [9.17, 15) is 14.9 Å². The van der Waals surface area contributed by atoms with Crippen LogP contribution in [-0.2, 0) is 0 Å². The first kappa shape index (κ1) is 14.7. The van der Waals surface area contributed by atoms with Crippen LogP contribution in [-0.4, -0.2) is 11.2 Å². The molecule has 0 bridgehead atoms. The van der Waals surface area contributed by atoms with E-state index in [2.05, 4.69) is 15.9 Å². The van der Waals surface area contributed by atoms with E-state index >= 15 is 0 Å². The Morgan fingerprint density at radius 3 is 2.57 bits per heavy atom. The summed E-state index contributed by atoms with van der Waals surface area (Å²) in [7, 11) is 0. The number of benzene rings is 2. The first-order valence-electron chi connectivity index (χ1n) is 5.66. The van der Waals surface area contributed by atoms with Crippen molar-refractivity contribution >= 4 is 27.9 Å². The fourth-order valence-corrected chi connectivity index (χ4v) is 1.98. The number of hydrogen-bond donors (Lipinski definition) is 0. The molecule has 2 aromatic rings. The molecular formula is C14H7BrN2O4. The maximum absolute atomic E-state index is 11.0. The normalized spacial score (nSPS) is 9.71. The third-order valence-corrected chi connectivity index (χ3v) is 3.09. The number of aldehydes is 1. The summed E-state index contributed by atoms with van der Waals surface area (Å²) in [6.07, 6.45) is 0.604. The topological polar surface area (TPSA) is 93.2 Å². The molecule has 104 valence electrons. The molecule has 0 fully saturated rings. The van der Waals surface area contributed by atoms with Gasteiger partial charge >= 0.3 is 5.69 Å². The number of rotatable bonds is 4. The number of nitrogens with zero attached hydrogens (tertiary/aromatic N) is 2. The minimum absolute atomic E-state index is 0.0125. The summed E-state index contributed by atoms with van der Waals surface area (Å²) in [5.41, 5.74) is 0.216. The van der Waals surface area contributed by atoms with Gasteiger partial charge in [0.1, 0.15) is 18.1 Å². The highest BCUT2D eigenvalue weighted by atomic mass is 79.9. The predicted octanol–water partition coefficient (Wildman–Crippen LogP) is 3.83. The smallest absolute Gasteiger partial charge is 0.312 e. The second-order valence-electron chi connectivity index (χ2n) is 3.96. The van der Waals surface area contributed by atoms with Crippen LogP contribution in [0.4, 0.5) is 5.69 Å². The second-order valence-corrected chi connectivity index (χ2v) is 4.87. The average molecular weight is 347 g/mol. The molecule has 0 saturated heterocycles. The van der Waals surface area contributed by atoms with Crippen molar-refractivity contribution in [1.29, 1.82) is 5.26 Å². The quantitative estimate of drug-likeness (QED) is 0.476. The third kappa shape index (κ3) is 3.24. The van der Waals surface area contributed by atoms with Gasteiger partial charge in [0.05, 0.1) is 10.5 Å². The summed E-state index contributed by atoms with van der Waals surface area (Å²) in [6.45, 7) is 0. The molecule has 0 aromatic heterocycles. The van der Waals surface area contributed by atoms with Gasteiger partial charge in [-0.05, 0) is 30.3 Å². The van der Waals surface area contributed by atoms with Crippen molar-refractivity contribution in [2.45, 2.75) is 0 Å². The molecule has 0 spiro atoms. The largest absolute Gasteiger partial charge is 0.449 e. The SMILES string of the molecule is N#Cc1cc(C=O)ccc1Oc1ccc(Br)cc1[N+](=O)[O-]. The van der Waals surface area contributed by atoms with Crippen molar-refractivity contribution in [3.63, 3.8) is 0 Å². The molecule has 21 heavy (non-hydrogen) atoms. The zero-order valence-corrected chi connectivity index (χ0v) is 12.0. The van der Waals surface area contributed by atoms with Crippen molar-refractivity contribution in [2.24, 2.45) is 0 Å². The number of hydrogen-bond acceptors (Lipinski definition) is 5. The number of halogens is 1. The van der Waals surface area contributed by atoms with Gasteiger partial charge in [0, 0.05) is 16.1 Å². The molecule has 7 heteroatoms. The van der Waals surface area contributed by atoms with E-state index < -0.39 is 4.92 Å². The Morgan fingerprint density at radius 2 is 1.95 bits per heavy atom. The molecule has 0 saturated carbocycles. The lowest BCUT2D eigenvalue weighted by atomic mass is 10.1. The lowest BCUT2D eigenvalue weighted by Crippen LogP contribution is -1.95. The van der Waals surface area contributed by atoms with Crippen LogP contribution >= 0.6 is 15.9 Å². The maximum Gasteiger partial charge on any atom is 0.312 e. The summed E-state index contributed by atoms with van der Waals surface area (Å²) >= 11 is 3.15. The van der Waals surface area contributed by atoms with Gasteiger partial charge in [-0.3, -0.25) is 14.9 Å². The standard InChI is InChI=1S/C14H7BrN2O4/c15-11-2-4-14(12(6-11)17(19)20)21-13-3-1-9(8-18)5-10(13)7-16/h1-6,8H. The zero-order valence-electron chi connectivity index (χ0n) is 10.4. The van der Waals surface area contributed by atoms with Gasteiger partial charge in [-0.25, -0.2) is 0 Å². The van der Waals surface area contributed by atoms with E-state index in [0.717, 1.165) is 0 Å². The number of carbonyl (C=O) groups excluding carboxylic acids is 1. The van der Waals surface area contributed by atoms with Gasteiger partial charge in [-0.2, -0.15) is 5.26 Å². The zero-order chi connectivity index (χ0) is 15.4. The molecule has 0 atom stereocenters. The van der Waals surface area contributed by atoms with E-state index in [1.165, 1.54) is 30.3 Å². The fourth-order valence-electron chi connectivity index (χ4n) is 1.64. The summed E-state index contributed by atoms with van der Waals surface area (Å²) in [5, 5.41) is 20.1. The Hall–Kier alpha value is -2.72. The van der Waals surface area contributed by atoms with E-state index in [-0.39, 0.29) is 22.7 Å². The maximum atomic E-state index is 11.0. The summed E-state index contributed by atoms with van der Waals surface area (Å²) in [6, 6.07) is 10.5. The van der Waals surface area contributed by atoms with Gasteiger partial charge in [0.2, 0.25) is 5.75 Å². The molecule has 0 aliphatic heterocycles. The second kappa shape index (κ2) is 6.15. The first-order valence-corrected chi connectivity index (χ1v) is 6.45. The molecule has 0 amide bonds. The highest BCUT2D eigenvalue weighted by Crippen LogP contribution is 2.34. The van der Waals surface area contributed by atoms with Crippen molar-refractivity contribution in [2.75, 3.05) is 0 Å². The molecule has 0 aliphatic rings. The highest BCUT2D eigenvalue weighted by Gasteiger charge is 2.17. The Balaban J connectivity index is 2.46. The monoisotopic (exact) mass is 346 g/mol. The molecule has 2 aromatic carbocycles. The van der Waals surface area contributed by atoms with Crippen LogP contribution in [0.5, 0.6) is 11.5 Å². The number of nitriles is 1. The summed E-state index contributed by atoms with van der Waals surface area (Å²) < 4.78 is 5.99. The van der Waals surface area contributed by atoms with Gasteiger partial charge in [-0.1, -0.05) is 15.9 Å². The van der Waals surface area contributed by atoms with Gasteiger partial charge in [0.15, 0.2) is 0 Å². The first-order chi connectivity index (χ1) is 10.0. The van der Waals surface area contributed by atoms with Crippen LogP contribution in [0.25, 0.3) is 0 Å². The van der Waals surface area contributed by atoms with Crippen molar-refractivity contribution in [1.82, 2.24) is 0 Å². The Kier molecular flexibility index (Phi) is 4.30. The highest BCUT2D eigenvalue weighted by molar-refractivity contribution is 9.10. The van der Waals surface area contributed by atoms with Crippen molar-refractivity contribution in [3.05, 3.63) is 62.1 Å². The van der Waals surface area contributed by atoms with Crippen molar-refractivity contribution in [3.8, 4) is 17.6 Å². The minimum atomic E-state index is -0.577. The Bertz CT molecular complexity index is 768. The van der Waals surface area contributed by atoms with E-state index in [0.29, 0.717) is 16.3 Å². The third-order valence-electron chi connectivity index (χ3n) is 2.60. The molecule has 0 aliphatic carbocycles. The number of nitro benzene ring substituents is 1. The minimum Gasteiger partial charge on any atom is -0.449 e. The van der Waals surface area contributed by atoms with Gasteiger partial charge in [0.25, 0.3) is 0 Å². The Morgan fingerprint density at radius 1 is 1.24 bits per heavy atom. The molecule has 0 unspecified atom stereocenters. The van der Waals surface area contributed by atoms with Crippen LogP contribution in [0.2, 0.25) is 0 Å². The number of carbonyl (C=O) groups is 1. The van der Waals surface area contributed by atoms with Crippen LogP contribution in [0.15, 0.2) is 40.9 Å². The summed E-state index contributed by atoms with van der Waals surface area (Å²) in [4.78, 5) is 21.1. The molecule has 6 nitrogen and oxygen atoms in total. The number of nitro groups is 1. The molecular weight excluding hydrogens is 340 g/mol. The van der Waals surface area contributed by atoms with E-state index in [1.54, 1.807) is 6.07 Å². The molecule has 0 radical (unpaired) electrons. The van der Waals surface area contributed by atoms with E-state index in [4.69, 9.17) is 10.00 Å². The van der Waals surface area contributed by atoms with Crippen LogP contribution in [0.1, 0.15) is 15.9 Å². The van der Waals surface area contributed by atoms with E-state index in [1.807, 2.05) is 6.07 Å². The fraction of sp³-hybridized carbons (Fsp3) is 0. The van der Waals surface area contributed by atoms with Crippen molar-refractivity contribution < 1.29 is 14.5 Å². The summed E-state index contributed by atoms with van der Waals surface area (Å²) in [5.74, 6) is 0.159. The van der Waals surface area contributed by atoms with Crippen LogP contribution in [0, 0.1) is 21.4 Å². The molecule has 2 rings (SSSR count).